The Morgan fingerprint density at radius 3 is 2.54 bits per heavy atom. The van der Waals surface area contributed by atoms with Gasteiger partial charge in [-0.3, -0.25) is 4.90 Å². The molecule has 3 atom stereocenters. The molecule has 1 aromatic carbocycles. The number of halogens is 3. The van der Waals surface area contributed by atoms with Crippen LogP contribution in [0.2, 0.25) is 0 Å². The summed E-state index contributed by atoms with van der Waals surface area (Å²) in [6.45, 7) is 2.86. The highest BCUT2D eigenvalue weighted by Gasteiger charge is 2.57. The standard InChI is InChI=1S/C20H26F3N3O2/c21-20(22,23)15-5-3-14(4-6-15)17(26-8-10-28-11-9-26)13-24-18(27)25-19-7-1-2-16(19)12-19/h3-6,16-17H,1-2,7-13H2,(H2,24,25,27). The summed E-state index contributed by atoms with van der Waals surface area (Å²) >= 11 is 0. The number of carbonyl (C=O) groups excluding carboxylic acids is 1. The fraction of sp³-hybridized carbons (Fsp3) is 0.650. The third-order valence-electron chi connectivity index (χ3n) is 6.34. The van der Waals surface area contributed by atoms with Gasteiger partial charge in [0.05, 0.1) is 24.8 Å². The van der Waals surface area contributed by atoms with Gasteiger partial charge in [0.2, 0.25) is 0 Å². The fourth-order valence-electron chi connectivity index (χ4n) is 4.65. The summed E-state index contributed by atoms with van der Waals surface area (Å²) in [5, 5.41) is 6.07. The third kappa shape index (κ3) is 4.12. The van der Waals surface area contributed by atoms with Gasteiger partial charge in [-0.1, -0.05) is 18.6 Å². The predicted octanol–water partition coefficient (Wildman–Crippen LogP) is 3.32. The summed E-state index contributed by atoms with van der Waals surface area (Å²) in [4.78, 5) is 14.6. The zero-order chi connectivity index (χ0) is 19.8. The number of urea groups is 1. The molecule has 5 nitrogen and oxygen atoms in total. The van der Waals surface area contributed by atoms with Crippen molar-refractivity contribution in [2.24, 2.45) is 5.92 Å². The molecule has 3 unspecified atom stereocenters. The summed E-state index contributed by atoms with van der Waals surface area (Å²) in [6, 6.07) is 4.86. The Labute approximate surface area is 162 Å². The maximum Gasteiger partial charge on any atom is 0.416 e. The number of rotatable bonds is 5. The number of benzene rings is 1. The molecule has 2 amide bonds. The number of carbonyl (C=O) groups is 1. The summed E-state index contributed by atoms with van der Waals surface area (Å²) in [6.07, 6.45) is 0.0881. The second-order valence-corrected chi connectivity index (χ2v) is 8.07. The highest BCUT2D eigenvalue weighted by molar-refractivity contribution is 5.75. The first-order valence-corrected chi connectivity index (χ1v) is 9.92. The van der Waals surface area contributed by atoms with Gasteiger partial charge < -0.3 is 15.4 Å². The third-order valence-corrected chi connectivity index (χ3v) is 6.34. The Balaban J connectivity index is 1.42. The van der Waals surface area contributed by atoms with Crippen molar-refractivity contribution < 1.29 is 22.7 Å². The number of amides is 2. The molecule has 2 N–H and O–H groups in total. The molecular formula is C20H26F3N3O2. The topological polar surface area (TPSA) is 53.6 Å². The van der Waals surface area contributed by atoms with E-state index in [-0.39, 0.29) is 17.6 Å². The van der Waals surface area contributed by atoms with Crippen LogP contribution in [0.25, 0.3) is 0 Å². The van der Waals surface area contributed by atoms with Gasteiger partial charge in [-0.25, -0.2) is 4.79 Å². The van der Waals surface area contributed by atoms with E-state index in [0.29, 0.717) is 38.8 Å². The molecule has 1 heterocycles. The zero-order valence-corrected chi connectivity index (χ0v) is 15.7. The Bertz CT molecular complexity index is 704. The second-order valence-electron chi connectivity index (χ2n) is 8.07. The maximum atomic E-state index is 12.9. The largest absolute Gasteiger partial charge is 0.416 e. The van der Waals surface area contributed by atoms with Gasteiger partial charge in [-0.2, -0.15) is 13.2 Å². The van der Waals surface area contributed by atoms with Crippen LogP contribution < -0.4 is 10.6 Å². The number of hydrogen-bond acceptors (Lipinski definition) is 3. The highest BCUT2D eigenvalue weighted by Crippen LogP contribution is 2.55. The Kier molecular flexibility index (Phi) is 5.26. The van der Waals surface area contributed by atoms with Gasteiger partial charge >= 0.3 is 12.2 Å². The van der Waals surface area contributed by atoms with Crippen molar-refractivity contribution in [1.29, 1.82) is 0 Å². The molecule has 2 saturated carbocycles. The normalized spacial score (nSPS) is 28.5. The second kappa shape index (κ2) is 7.55. The van der Waals surface area contributed by atoms with Gasteiger partial charge in [-0.05, 0) is 42.9 Å². The van der Waals surface area contributed by atoms with Gasteiger partial charge in [0.25, 0.3) is 0 Å². The fourth-order valence-corrected chi connectivity index (χ4v) is 4.65. The molecule has 28 heavy (non-hydrogen) atoms. The van der Waals surface area contributed by atoms with Gasteiger partial charge in [-0.15, -0.1) is 0 Å². The molecule has 0 spiro atoms. The van der Waals surface area contributed by atoms with E-state index in [1.54, 1.807) is 0 Å². The van der Waals surface area contributed by atoms with Crippen molar-refractivity contribution >= 4 is 6.03 Å². The summed E-state index contributed by atoms with van der Waals surface area (Å²) in [5.41, 5.74) is 0.0914. The first kappa shape index (κ1) is 19.5. The minimum atomic E-state index is -4.35. The van der Waals surface area contributed by atoms with Crippen LogP contribution in [0.15, 0.2) is 24.3 Å². The Hall–Kier alpha value is -1.80. The average molecular weight is 397 g/mol. The smallest absolute Gasteiger partial charge is 0.379 e. The van der Waals surface area contributed by atoms with Crippen LogP contribution in [0.5, 0.6) is 0 Å². The zero-order valence-electron chi connectivity index (χ0n) is 15.7. The van der Waals surface area contributed by atoms with E-state index in [2.05, 4.69) is 15.5 Å². The number of ether oxygens (including phenoxy) is 1. The Morgan fingerprint density at radius 1 is 1.25 bits per heavy atom. The monoisotopic (exact) mass is 397 g/mol. The van der Waals surface area contributed by atoms with Gasteiger partial charge in [0, 0.05) is 25.2 Å². The van der Waals surface area contributed by atoms with Crippen molar-refractivity contribution in [3.63, 3.8) is 0 Å². The number of nitrogens with zero attached hydrogens (tertiary/aromatic N) is 1. The number of nitrogens with one attached hydrogen (secondary N) is 2. The Morgan fingerprint density at radius 2 is 1.96 bits per heavy atom. The quantitative estimate of drug-likeness (QED) is 0.802. The molecular weight excluding hydrogens is 371 g/mol. The van der Waals surface area contributed by atoms with Gasteiger partial charge in [0.1, 0.15) is 0 Å². The van der Waals surface area contributed by atoms with Crippen molar-refractivity contribution in [1.82, 2.24) is 15.5 Å². The molecule has 154 valence electrons. The lowest BCUT2D eigenvalue weighted by atomic mass is 10.0. The molecule has 1 aromatic rings. The molecule has 8 heteroatoms. The van der Waals surface area contributed by atoms with Crippen LogP contribution in [0, 0.1) is 5.92 Å². The first-order valence-electron chi connectivity index (χ1n) is 9.92. The molecule has 1 aliphatic heterocycles. The SMILES string of the molecule is O=C(NCC(c1ccc(C(F)(F)F)cc1)N1CCOCC1)NC12CCCC1C2. The number of morpholine rings is 1. The van der Waals surface area contributed by atoms with E-state index in [9.17, 15) is 18.0 Å². The van der Waals surface area contributed by atoms with Crippen LogP contribution in [-0.2, 0) is 10.9 Å². The number of fused-ring (bicyclic) bond motifs is 1. The minimum Gasteiger partial charge on any atom is -0.379 e. The maximum absolute atomic E-state index is 12.9. The van der Waals surface area contributed by atoms with E-state index in [4.69, 9.17) is 4.74 Å². The molecule has 0 radical (unpaired) electrons. The lowest BCUT2D eigenvalue weighted by Crippen LogP contribution is -2.48. The summed E-state index contributed by atoms with van der Waals surface area (Å²) in [5.74, 6) is 0.614. The summed E-state index contributed by atoms with van der Waals surface area (Å²) < 4.78 is 44.0. The van der Waals surface area contributed by atoms with E-state index in [1.807, 2.05) is 0 Å². The first-order chi connectivity index (χ1) is 13.4. The molecule has 3 fully saturated rings. The lowest BCUT2D eigenvalue weighted by Gasteiger charge is -2.35. The van der Waals surface area contributed by atoms with Crippen LogP contribution in [0.1, 0.15) is 42.9 Å². The van der Waals surface area contributed by atoms with E-state index >= 15 is 0 Å². The lowest BCUT2D eigenvalue weighted by molar-refractivity contribution is -0.137. The predicted molar refractivity (Wildman–Crippen MR) is 97.8 cm³/mol. The van der Waals surface area contributed by atoms with Crippen molar-refractivity contribution in [2.75, 3.05) is 32.8 Å². The average Bonchev–Trinajstić information content (AvgIpc) is 3.20. The molecule has 1 saturated heterocycles. The van der Waals surface area contributed by atoms with Crippen molar-refractivity contribution in [3.8, 4) is 0 Å². The summed E-state index contributed by atoms with van der Waals surface area (Å²) in [7, 11) is 0. The van der Waals surface area contributed by atoms with Gasteiger partial charge in [0.15, 0.2) is 0 Å². The van der Waals surface area contributed by atoms with E-state index in [0.717, 1.165) is 37.0 Å². The van der Waals surface area contributed by atoms with Crippen molar-refractivity contribution in [2.45, 2.75) is 43.4 Å². The molecule has 0 aromatic heterocycles. The molecule has 2 aliphatic carbocycles. The van der Waals surface area contributed by atoms with E-state index in [1.165, 1.54) is 18.6 Å². The molecule has 0 bridgehead atoms. The van der Waals surface area contributed by atoms with Crippen LogP contribution in [0.4, 0.5) is 18.0 Å². The van der Waals surface area contributed by atoms with E-state index < -0.39 is 11.7 Å². The minimum absolute atomic E-state index is 0.00704. The number of alkyl halides is 3. The van der Waals surface area contributed by atoms with Crippen molar-refractivity contribution in [3.05, 3.63) is 35.4 Å². The number of hydrogen-bond donors (Lipinski definition) is 2. The van der Waals surface area contributed by atoms with Crippen LogP contribution in [-0.4, -0.2) is 49.3 Å². The molecule has 4 rings (SSSR count). The highest BCUT2D eigenvalue weighted by atomic mass is 19.4. The van der Waals surface area contributed by atoms with Crippen LogP contribution in [0.3, 0.4) is 0 Å². The van der Waals surface area contributed by atoms with Crippen LogP contribution >= 0.6 is 0 Å². The molecule has 3 aliphatic rings.